The number of anilines is 2. The average molecular weight is 390 g/mol. The number of benzene rings is 2. The molecule has 29 heavy (non-hydrogen) atoms. The van der Waals surface area contributed by atoms with Crippen LogP contribution in [0.5, 0.6) is 5.75 Å². The van der Waals surface area contributed by atoms with E-state index in [1.54, 1.807) is 25.8 Å². The van der Waals surface area contributed by atoms with Crippen molar-refractivity contribution >= 4 is 28.3 Å². The van der Waals surface area contributed by atoms with Crippen LogP contribution in [0.25, 0.3) is 10.9 Å². The molecule has 0 aliphatic carbocycles. The largest absolute Gasteiger partial charge is 0.476 e. The second-order valence-corrected chi connectivity index (χ2v) is 8.21. The molecule has 0 unspecified atom stereocenters. The molecule has 1 aromatic heterocycles. The summed E-state index contributed by atoms with van der Waals surface area (Å²) in [5.74, 6) is 1.99. The Morgan fingerprint density at radius 3 is 2.62 bits per heavy atom. The number of aromatic nitrogens is 2. The summed E-state index contributed by atoms with van der Waals surface area (Å²) in [6.07, 6.45) is 0. The molecule has 1 aliphatic heterocycles. The smallest absolute Gasteiger partial charge is 0.270 e. The number of fused-ring (bicyclic) bond motifs is 2. The molecule has 1 atom stereocenters. The van der Waals surface area contributed by atoms with Gasteiger partial charge in [0, 0.05) is 24.5 Å². The highest BCUT2D eigenvalue weighted by atomic mass is 16.5. The van der Waals surface area contributed by atoms with Crippen molar-refractivity contribution in [2.24, 2.45) is 0 Å². The van der Waals surface area contributed by atoms with Gasteiger partial charge in [0.2, 0.25) is 0 Å². The molecule has 1 aliphatic rings. The minimum atomic E-state index is -0.904. The zero-order valence-electron chi connectivity index (χ0n) is 17.7. The van der Waals surface area contributed by atoms with E-state index in [0.717, 1.165) is 22.4 Å². The van der Waals surface area contributed by atoms with Crippen molar-refractivity contribution in [3.63, 3.8) is 0 Å². The second kappa shape index (κ2) is 6.72. The number of likely N-dealkylation sites (N-methyl/N-ethyl adjacent to an activating group) is 1. The monoisotopic (exact) mass is 390 g/mol. The van der Waals surface area contributed by atoms with Crippen LogP contribution in [-0.2, 0) is 4.79 Å². The minimum Gasteiger partial charge on any atom is -0.476 e. The quantitative estimate of drug-likeness (QED) is 0.710. The van der Waals surface area contributed by atoms with Crippen molar-refractivity contribution in [2.75, 3.05) is 17.3 Å². The lowest BCUT2D eigenvalue weighted by atomic mass is 10.0. The van der Waals surface area contributed by atoms with Crippen molar-refractivity contribution in [3.05, 3.63) is 53.3 Å². The summed E-state index contributed by atoms with van der Waals surface area (Å²) in [5.41, 5.74) is 3.01. The lowest BCUT2D eigenvalue weighted by Gasteiger charge is -2.37. The first-order valence-electron chi connectivity index (χ1n) is 9.78. The van der Waals surface area contributed by atoms with Crippen LogP contribution in [0, 0.1) is 13.8 Å². The Morgan fingerprint density at radius 1 is 1.14 bits per heavy atom. The molecular formula is C23H26N4O2. The van der Waals surface area contributed by atoms with Gasteiger partial charge in [-0.3, -0.25) is 4.79 Å². The number of hydrogen-bond acceptors (Lipinski definition) is 5. The Kier molecular flexibility index (Phi) is 4.45. The predicted molar refractivity (Wildman–Crippen MR) is 116 cm³/mol. The van der Waals surface area contributed by atoms with Crippen molar-refractivity contribution in [2.45, 2.75) is 46.3 Å². The fraction of sp³-hybridized carbons (Fsp3) is 0.348. The van der Waals surface area contributed by atoms with E-state index < -0.39 is 5.60 Å². The van der Waals surface area contributed by atoms with Gasteiger partial charge in [-0.1, -0.05) is 29.8 Å². The van der Waals surface area contributed by atoms with Crippen LogP contribution < -0.4 is 15.0 Å². The van der Waals surface area contributed by atoms with Gasteiger partial charge in [-0.25, -0.2) is 9.97 Å². The highest BCUT2D eigenvalue weighted by Crippen LogP contribution is 2.41. The Bertz CT molecular complexity index is 1120. The van der Waals surface area contributed by atoms with Gasteiger partial charge < -0.3 is 15.0 Å². The van der Waals surface area contributed by atoms with E-state index in [1.807, 2.05) is 19.1 Å². The molecule has 0 radical (unpaired) electrons. The molecule has 1 N–H and O–H groups in total. The summed E-state index contributed by atoms with van der Waals surface area (Å²) < 4.78 is 5.98. The maximum atomic E-state index is 12.6. The summed E-state index contributed by atoms with van der Waals surface area (Å²) in [4.78, 5) is 23.5. The molecule has 2 aromatic carbocycles. The predicted octanol–water partition coefficient (Wildman–Crippen LogP) is 4.55. The van der Waals surface area contributed by atoms with Crippen molar-refractivity contribution in [1.82, 2.24) is 9.97 Å². The maximum Gasteiger partial charge on any atom is 0.270 e. The van der Waals surface area contributed by atoms with Crippen LogP contribution in [-0.4, -0.2) is 28.5 Å². The van der Waals surface area contributed by atoms with Gasteiger partial charge in [0.1, 0.15) is 17.4 Å². The normalized spacial score (nSPS) is 16.3. The molecule has 150 valence electrons. The van der Waals surface area contributed by atoms with Crippen LogP contribution in [0.1, 0.15) is 43.8 Å². The van der Waals surface area contributed by atoms with Crippen molar-refractivity contribution < 1.29 is 9.53 Å². The Morgan fingerprint density at radius 2 is 1.90 bits per heavy atom. The molecule has 4 rings (SSSR count). The second-order valence-electron chi connectivity index (χ2n) is 8.21. The molecule has 1 amide bonds. The van der Waals surface area contributed by atoms with Gasteiger partial charge in [0.15, 0.2) is 5.60 Å². The van der Waals surface area contributed by atoms with E-state index >= 15 is 0 Å². The third-order valence-corrected chi connectivity index (χ3v) is 5.33. The molecule has 0 saturated carbocycles. The van der Waals surface area contributed by atoms with E-state index in [4.69, 9.17) is 4.74 Å². The van der Waals surface area contributed by atoms with Gasteiger partial charge in [0.05, 0.1) is 11.2 Å². The van der Waals surface area contributed by atoms with Crippen LogP contribution >= 0.6 is 0 Å². The summed E-state index contributed by atoms with van der Waals surface area (Å²) in [6.45, 7) is 9.63. The summed E-state index contributed by atoms with van der Waals surface area (Å²) in [7, 11) is 1.77. The fourth-order valence-electron chi connectivity index (χ4n) is 3.77. The number of ether oxygens (including phenoxy) is 1. The van der Waals surface area contributed by atoms with Crippen molar-refractivity contribution in [3.8, 4) is 5.75 Å². The minimum absolute atomic E-state index is 0.0676. The highest BCUT2D eigenvalue weighted by Gasteiger charge is 2.39. The number of carbonyl (C=O) groups excluding carboxylic acids is 1. The maximum absolute atomic E-state index is 12.6. The summed E-state index contributed by atoms with van der Waals surface area (Å²) in [6, 6.07) is 12.3. The zero-order valence-corrected chi connectivity index (χ0v) is 17.7. The molecule has 6 nitrogen and oxygen atoms in total. The molecule has 6 heteroatoms. The molecule has 0 saturated heterocycles. The highest BCUT2D eigenvalue weighted by molar-refractivity contribution is 6.05. The van der Waals surface area contributed by atoms with E-state index in [2.05, 4.69) is 53.4 Å². The van der Waals surface area contributed by atoms with Crippen LogP contribution in [0.4, 0.5) is 11.5 Å². The van der Waals surface area contributed by atoms with Crippen LogP contribution in [0.2, 0.25) is 0 Å². The van der Waals surface area contributed by atoms with Crippen LogP contribution in [0.3, 0.4) is 0 Å². The fourth-order valence-corrected chi connectivity index (χ4v) is 3.77. The Labute approximate surface area is 170 Å². The van der Waals surface area contributed by atoms with E-state index in [1.165, 1.54) is 11.1 Å². The lowest BCUT2D eigenvalue weighted by Crippen LogP contribution is -2.50. The topological polar surface area (TPSA) is 67.4 Å². The number of nitrogens with zero attached hydrogens (tertiary/aromatic N) is 3. The first-order valence-corrected chi connectivity index (χ1v) is 9.78. The number of aryl methyl sites for hydroxylation is 2. The number of amides is 1. The van der Waals surface area contributed by atoms with Gasteiger partial charge in [-0.15, -0.1) is 0 Å². The molecule has 0 bridgehead atoms. The standard InChI is InChI=1S/C23H26N4O2/c1-13-8-7-9-16(10-13)14(2)24-21-17-11-19-20(12-18(17)25-15(3)26-21)29-23(4,5)22(28)27(19)6/h7-12,14H,1-6H3,(H,24,25,26)/t14-/m1/s1. The molecule has 0 fully saturated rings. The van der Waals surface area contributed by atoms with Gasteiger partial charge in [-0.2, -0.15) is 0 Å². The first-order chi connectivity index (χ1) is 13.7. The number of nitrogens with one attached hydrogen (secondary N) is 1. The van der Waals surface area contributed by atoms with E-state index in [9.17, 15) is 4.79 Å². The Balaban J connectivity index is 1.80. The number of carbonyl (C=O) groups is 1. The zero-order chi connectivity index (χ0) is 20.9. The number of hydrogen-bond donors (Lipinski definition) is 1. The molecule has 2 heterocycles. The summed E-state index contributed by atoms with van der Waals surface area (Å²) >= 11 is 0. The third-order valence-electron chi connectivity index (χ3n) is 5.33. The first kappa shape index (κ1) is 19.2. The lowest BCUT2D eigenvalue weighted by molar-refractivity contribution is -0.132. The molecule has 0 spiro atoms. The number of rotatable bonds is 3. The van der Waals surface area contributed by atoms with Crippen molar-refractivity contribution in [1.29, 1.82) is 0 Å². The summed E-state index contributed by atoms with van der Waals surface area (Å²) in [5, 5.41) is 4.38. The molecular weight excluding hydrogens is 364 g/mol. The average Bonchev–Trinajstić information content (AvgIpc) is 2.65. The van der Waals surface area contributed by atoms with E-state index in [0.29, 0.717) is 11.6 Å². The van der Waals surface area contributed by atoms with Crippen LogP contribution in [0.15, 0.2) is 36.4 Å². The molecule has 3 aromatic rings. The SMILES string of the molecule is Cc1cccc([C@@H](C)Nc2nc(C)nc3cc4c(cc23)N(C)C(=O)C(C)(C)O4)c1. The van der Waals surface area contributed by atoms with Gasteiger partial charge in [-0.05, 0) is 46.2 Å². The van der Waals surface area contributed by atoms with Gasteiger partial charge >= 0.3 is 0 Å². The Hall–Kier alpha value is -3.15. The third kappa shape index (κ3) is 3.39. The van der Waals surface area contributed by atoms with Gasteiger partial charge in [0.25, 0.3) is 5.91 Å². The van der Waals surface area contributed by atoms with E-state index in [-0.39, 0.29) is 11.9 Å².